The molecule has 1 aliphatic rings. The van der Waals surface area contributed by atoms with Gasteiger partial charge in [0.15, 0.2) is 0 Å². The Morgan fingerprint density at radius 2 is 2.00 bits per heavy atom. The average molecular weight is 370 g/mol. The molecule has 1 amide bonds. The van der Waals surface area contributed by atoms with E-state index in [0.29, 0.717) is 31.0 Å². The third-order valence-corrected chi connectivity index (χ3v) is 4.59. The summed E-state index contributed by atoms with van der Waals surface area (Å²) in [5, 5.41) is 9.08. The van der Waals surface area contributed by atoms with Crippen molar-refractivity contribution in [3.05, 3.63) is 59.8 Å². The van der Waals surface area contributed by atoms with Gasteiger partial charge in [0, 0.05) is 32.0 Å². The Morgan fingerprint density at radius 1 is 1.22 bits per heavy atom. The Hall–Kier alpha value is -2.93. The van der Waals surface area contributed by atoms with Crippen molar-refractivity contribution in [1.29, 1.82) is 0 Å². The van der Waals surface area contributed by atoms with Gasteiger partial charge in [-0.15, -0.1) is 0 Å². The average Bonchev–Trinajstić information content (AvgIpc) is 3.09. The van der Waals surface area contributed by atoms with Gasteiger partial charge in [0.05, 0.1) is 18.1 Å². The van der Waals surface area contributed by atoms with E-state index in [2.05, 4.69) is 4.98 Å². The number of hydrogen-bond donors (Lipinski definition) is 1. The summed E-state index contributed by atoms with van der Waals surface area (Å²) in [6, 6.07) is 12.6. The molecule has 0 bridgehead atoms. The molecule has 0 radical (unpaired) electrons. The van der Waals surface area contributed by atoms with Gasteiger partial charge < -0.3 is 19.5 Å². The molecule has 1 aromatic heterocycles. The van der Waals surface area contributed by atoms with Crippen molar-refractivity contribution in [2.75, 3.05) is 13.7 Å². The zero-order valence-electron chi connectivity index (χ0n) is 15.1. The second-order valence-electron chi connectivity index (χ2n) is 6.46. The Bertz CT molecular complexity index is 779. The number of likely N-dealkylation sites (tertiary alicyclic amines) is 1. The maximum Gasteiger partial charge on any atom is 0.305 e. The highest BCUT2D eigenvalue weighted by Gasteiger charge is 2.37. The number of carboxylic acid groups (broad SMARTS) is 1. The van der Waals surface area contributed by atoms with Gasteiger partial charge in [0.2, 0.25) is 5.88 Å². The number of carbonyl (C=O) groups excluding carboxylic acids is 1. The highest BCUT2D eigenvalue weighted by molar-refractivity contribution is 5.94. The number of ether oxygens (including phenoxy) is 2. The largest absolute Gasteiger partial charge is 0.481 e. The minimum absolute atomic E-state index is 0.0999. The number of rotatable bonds is 7. The van der Waals surface area contributed by atoms with E-state index in [1.807, 2.05) is 30.3 Å². The van der Waals surface area contributed by atoms with Crippen LogP contribution in [0.2, 0.25) is 0 Å². The van der Waals surface area contributed by atoms with Crippen molar-refractivity contribution < 1.29 is 24.2 Å². The SMILES string of the molecule is COC1CC(CC(=O)O)N(C(=O)c2ccc(OCc3ccccc3)nc2)C1. The third-order valence-electron chi connectivity index (χ3n) is 4.59. The van der Waals surface area contributed by atoms with Crippen LogP contribution in [0.3, 0.4) is 0 Å². The molecule has 2 unspecified atom stereocenters. The summed E-state index contributed by atoms with van der Waals surface area (Å²) in [5.41, 5.74) is 1.42. The quantitative estimate of drug-likeness (QED) is 0.805. The van der Waals surface area contributed by atoms with Gasteiger partial charge >= 0.3 is 5.97 Å². The van der Waals surface area contributed by atoms with E-state index in [1.165, 1.54) is 6.20 Å². The Balaban J connectivity index is 1.64. The fourth-order valence-corrected chi connectivity index (χ4v) is 3.18. The van der Waals surface area contributed by atoms with E-state index >= 15 is 0 Å². The minimum atomic E-state index is -0.933. The fourth-order valence-electron chi connectivity index (χ4n) is 3.18. The van der Waals surface area contributed by atoms with Crippen LogP contribution in [0, 0.1) is 0 Å². The smallest absolute Gasteiger partial charge is 0.305 e. The number of aliphatic carboxylic acids is 1. The molecule has 2 heterocycles. The monoisotopic (exact) mass is 370 g/mol. The van der Waals surface area contributed by atoms with E-state index < -0.39 is 5.97 Å². The van der Waals surface area contributed by atoms with Crippen LogP contribution in [-0.2, 0) is 16.1 Å². The molecule has 1 saturated heterocycles. The minimum Gasteiger partial charge on any atom is -0.481 e. The lowest BCUT2D eigenvalue weighted by molar-refractivity contribution is -0.137. The number of pyridine rings is 1. The standard InChI is InChI=1S/C20H22N2O5/c1-26-17-9-16(10-19(23)24)22(12-17)20(25)15-7-8-18(21-11-15)27-13-14-5-3-2-4-6-14/h2-8,11,16-17H,9-10,12-13H2,1H3,(H,23,24). The van der Waals surface area contributed by atoms with Crippen molar-refractivity contribution in [2.24, 2.45) is 0 Å². The predicted octanol–water partition coefficient (Wildman–Crippen LogP) is 2.36. The Kier molecular flexibility index (Phi) is 6.03. The molecule has 7 nitrogen and oxygen atoms in total. The second-order valence-corrected chi connectivity index (χ2v) is 6.46. The third kappa shape index (κ3) is 4.83. The summed E-state index contributed by atoms with van der Waals surface area (Å²) in [6.07, 6.45) is 1.72. The topological polar surface area (TPSA) is 89.0 Å². The van der Waals surface area contributed by atoms with Crippen molar-refractivity contribution >= 4 is 11.9 Å². The highest BCUT2D eigenvalue weighted by Crippen LogP contribution is 2.25. The molecule has 0 spiro atoms. The summed E-state index contributed by atoms with van der Waals surface area (Å²) in [5.74, 6) is -0.756. The van der Waals surface area contributed by atoms with Gasteiger partial charge in [-0.2, -0.15) is 0 Å². The van der Waals surface area contributed by atoms with Crippen LogP contribution in [-0.4, -0.2) is 52.7 Å². The van der Waals surface area contributed by atoms with Crippen LogP contribution < -0.4 is 4.74 Å². The molecule has 1 N–H and O–H groups in total. The van der Waals surface area contributed by atoms with Gasteiger partial charge in [-0.1, -0.05) is 30.3 Å². The summed E-state index contributed by atoms with van der Waals surface area (Å²) in [7, 11) is 1.57. The summed E-state index contributed by atoms with van der Waals surface area (Å²) in [6.45, 7) is 0.767. The molecule has 0 aliphatic carbocycles. The molecular weight excluding hydrogens is 348 g/mol. The predicted molar refractivity (Wildman–Crippen MR) is 97.5 cm³/mol. The van der Waals surface area contributed by atoms with Gasteiger partial charge in [-0.25, -0.2) is 4.98 Å². The van der Waals surface area contributed by atoms with Gasteiger partial charge in [0.1, 0.15) is 6.61 Å². The first-order valence-electron chi connectivity index (χ1n) is 8.75. The molecule has 1 aromatic carbocycles. The fraction of sp³-hybridized carbons (Fsp3) is 0.350. The van der Waals surface area contributed by atoms with Crippen molar-refractivity contribution in [3.63, 3.8) is 0 Å². The first kappa shape index (κ1) is 18.8. The van der Waals surface area contributed by atoms with E-state index in [-0.39, 0.29) is 24.5 Å². The maximum atomic E-state index is 12.8. The lowest BCUT2D eigenvalue weighted by atomic mass is 10.1. The maximum absolute atomic E-state index is 12.8. The molecule has 1 aliphatic heterocycles. The van der Waals surface area contributed by atoms with E-state index in [9.17, 15) is 9.59 Å². The normalized spacial score (nSPS) is 19.1. The molecule has 27 heavy (non-hydrogen) atoms. The number of hydrogen-bond acceptors (Lipinski definition) is 5. The molecule has 0 saturated carbocycles. The molecule has 7 heteroatoms. The van der Waals surface area contributed by atoms with E-state index in [4.69, 9.17) is 14.6 Å². The number of methoxy groups -OCH3 is 1. The lowest BCUT2D eigenvalue weighted by Crippen LogP contribution is -2.37. The second kappa shape index (κ2) is 8.64. The zero-order valence-corrected chi connectivity index (χ0v) is 15.1. The van der Waals surface area contributed by atoms with E-state index in [1.54, 1.807) is 24.1 Å². The molecule has 2 aromatic rings. The summed E-state index contributed by atoms with van der Waals surface area (Å²) >= 11 is 0. The molecule has 1 fully saturated rings. The first-order chi connectivity index (χ1) is 13.1. The van der Waals surface area contributed by atoms with Crippen LogP contribution in [0.25, 0.3) is 0 Å². The number of amides is 1. The first-order valence-corrected chi connectivity index (χ1v) is 8.75. The van der Waals surface area contributed by atoms with Crippen molar-refractivity contribution in [3.8, 4) is 5.88 Å². The number of carboxylic acids is 1. The molecule has 142 valence electrons. The van der Waals surface area contributed by atoms with Crippen molar-refractivity contribution in [2.45, 2.75) is 31.6 Å². The number of benzene rings is 1. The Labute approximate surface area is 157 Å². The van der Waals surface area contributed by atoms with Crippen molar-refractivity contribution in [1.82, 2.24) is 9.88 Å². The molecular formula is C20H22N2O5. The van der Waals surface area contributed by atoms with Gasteiger partial charge in [0.25, 0.3) is 5.91 Å². The molecule has 3 rings (SSSR count). The summed E-state index contributed by atoms with van der Waals surface area (Å²) in [4.78, 5) is 29.6. The van der Waals surface area contributed by atoms with Crippen LogP contribution >= 0.6 is 0 Å². The highest BCUT2D eigenvalue weighted by atomic mass is 16.5. The van der Waals surface area contributed by atoms with E-state index in [0.717, 1.165) is 5.56 Å². The number of nitrogens with zero attached hydrogens (tertiary/aromatic N) is 2. The van der Waals surface area contributed by atoms with Gasteiger partial charge in [-0.3, -0.25) is 9.59 Å². The summed E-state index contributed by atoms with van der Waals surface area (Å²) < 4.78 is 10.9. The number of aromatic nitrogens is 1. The van der Waals surface area contributed by atoms with Crippen LogP contribution in [0.5, 0.6) is 5.88 Å². The van der Waals surface area contributed by atoms with Crippen LogP contribution in [0.4, 0.5) is 0 Å². The Morgan fingerprint density at radius 3 is 2.63 bits per heavy atom. The lowest BCUT2D eigenvalue weighted by Gasteiger charge is -2.23. The zero-order chi connectivity index (χ0) is 19.2. The van der Waals surface area contributed by atoms with Crippen LogP contribution in [0.1, 0.15) is 28.8 Å². The number of carbonyl (C=O) groups is 2. The van der Waals surface area contributed by atoms with Gasteiger partial charge in [-0.05, 0) is 18.1 Å². The van der Waals surface area contributed by atoms with Crippen LogP contribution in [0.15, 0.2) is 48.7 Å². The molecule has 2 atom stereocenters.